The van der Waals surface area contributed by atoms with Gasteiger partial charge in [0.15, 0.2) is 0 Å². The summed E-state index contributed by atoms with van der Waals surface area (Å²) in [5.41, 5.74) is -13.9. The summed E-state index contributed by atoms with van der Waals surface area (Å²) in [5, 5.41) is 0. The summed E-state index contributed by atoms with van der Waals surface area (Å²) < 4.78 is 180. The van der Waals surface area contributed by atoms with Gasteiger partial charge in [0, 0.05) is 66.0 Å². The quantitative estimate of drug-likeness (QED) is 0.0632. The Labute approximate surface area is 352 Å². The number of benzene rings is 2. The molecule has 2 atom stereocenters. The molecular formula is C27H32Br2ClF9N2O9S3ScSi. The fraction of sp³-hybridized carbons (Fsp3) is 0.481. The summed E-state index contributed by atoms with van der Waals surface area (Å²) in [6, 6.07) is 19.6. The molecule has 3 N–H and O–H groups in total. The minimum Gasteiger partial charge on any atom is -0.291 e. The Morgan fingerprint density at radius 2 is 0.927 bits per heavy atom. The van der Waals surface area contributed by atoms with Gasteiger partial charge >= 0.3 is 54.6 Å². The van der Waals surface area contributed by atoms with Crippen molar-refractivity contribution in [1.29, 1.82) is 0 Å². The summed E-state index contributed by atoms with van der Waals surface area (Å²) in [6.45, 7) is 3.99. The number of hydrogen-bond donors (Lipinski definition) is 3. The van der Waals surface area contributed by atoms with Gasteiger partial charge in [-0.1, -0.05) is 81.1 Å². The first-order valence-corrected chi connectivity index (χ1v) is 23.7. The molecule has 1 aliphatic carbocycles. The molecule has 55 heavy (non-hydrogen) atoms. The second kappa shape index (κ2) is 21.7. The number of fused-ring (bicyclic) bond motifs is 1. The van der Waals surface area contributed by atoms with Gasteiger partial charge in [-0.2, -0.15) is 64.8 Å². The van der Waals surface area contributed by atoms with Gasteiger partial charge in [-0.15, -0.1) is 11.1 Å². The van der Waals surface area contributed by atoms with Crippen LogP contribution in [0.5, 0.6) is 0 Å². The van der Waals surface area contributed by atoms with E-state index in [0.29, 0.717) is 12.1 Å². The van der Waals surface area contributed by atoms with Crippen molar-refractivity contribution in [2.75, 3.05) is 0 Å². The Morgan fingerprint density at radius 1 is 0.673 bits per heavy atom. The Kier molecular flexibility index (Phi) is 21.5. The molecule has 2 aliphatic rings. The van der Waals surface area contributed by atoms with E-state index in [9.17, 15) is 39.5 Å². The second-order valence-electron chi connectivity index (χ2n) is 11.2. The number of alkyl halides is 9. The predicted octanol–water partition coefficient (Wildman–Crippen LogP) is 8.77. The topological polar surface area (TPSA) is 170 Å². The van der Waals surface area contributed by atoms with E-state index in [1.54, 1.807) is 0 Å². The van der Waals surface area contributed by atoms with Crippen LogP contribution in [0.2, 0.25) is 6.04 Å². The third-order valence-electron chi connectivity index (χ3n) is 7.40. The van der Waals surface area contributed by atoms with Crippen molar-refractivity contribution in [3.63, 3.8) is 0 Å². The molecule has 1 saturated heterocycles. The Hall–Kier alpha value is -0.463. The minimum absolute atomic E-state index is 0. The van der Waals surface area contributed by atoms with E-state index in [1.807, 2.05) is 0 Å². The Balaban J connectivity index is 0.000000954. The largest absolute Gasteiger partial charge is 0.522 e. The van der Waals surface area contributed by atoms with Gasteiger partial charge in [-0.05, 0) is 55.2 Å². The molecular weight excluding hydrogens is 1030 g/mol. The summed E-state index contributed by atoms with van der Waals surface area (Å²) in [7, 11) is -19.9. The average Bonchev–Trinajstić information content (AvgIpc) is 3.23. The van der Waals surface area contributed by atoms with E-state index in [1.165, 1.54) is 36.8 Å². The van der Waals surface area contributed by atoms with Gasteiger partial charge in [0.1, 0.15) is 0 Å². The fourth-order valence-electron chi connectivity index (χ4n) is 5.04. The monoisotopic (exact) mass is 1060 g/mol. The van der Waals surface area contributed by atoms with Crippen LogP contribution in [0.4, 0.5) is 39.5 Å². The first kappa shape index (κ1) is 54.5. The molecule has 0 amide bonds. The third-order valence-corrected chi connectivity index (χ3v) is 15.5. The molecule has 11 nitrogen and oxygen atoms in total. The number of allylic oxidation sites excluding steroid dienone is 2. The predicted molar refractivity (Wildman–Crippen MR) is 189 cm³/mol. The van der Waals surface area contributed by atoms with E-state index in [2.05, 4.69) is 109 Å². The minimum atomic E-state index is -5.84. The number of halogens is 12. The molecule has 1 saturated carbocycles. The van der Waals surface area contributed by atoms with E-state index in [0.717, 1.165) is 28.1 Å². The standard InChI is InChI=1S/C24H29Br2ClN2Si.3CHF3O3S.Sc/c1-2-3-16-30(27)28(17-19-8-12-21(25)13-9-19)23-6-4-5-7-24(23)29(30)18-20-10-14-22(26)15-11-20;3*2-1(3,4)8(5,6)7;/h2-3,8-15,23-24H,4-7,16-18H2,1H3;3*(H,5,6,7);/b3-2+;;;;/t23-,24-;;;;/m0..../s1. The molecule has 2 aromatic carbocycles. The first-order valence-electron chi connectivity index (χ1n) is 14.7. The number of hydrogen-bond acceptors (Lipinski definition) is 8. The van der Waals surface area contributed by atoms with Crippen LogP contribution in [0.25, 0.3) is 0 Å². The number of rotatable bonds is 6. The second-order valence-corrected chi connectivity index (χ2v) is 22.1. The molecule has 1 heterocycles. The molecule has 0 aromatic heterocycles. The van der Waals surface area contributed by atoms with Crippen LogP contribution in [0.15, 0.2) is 69.6 Å². The molecule has 1 aliphatic heterocycles. The van der Waals surface area contributed by atoms with Crippen LogP contribution in [0, 0.1) is 0 Å². The van der Waals surface area contributed by atoms with Gasteiger partial charge in [0.05, 0.1) is 0 Å². The number of nitrogens with zero attached hydrogens (tertiary/aromatic N) is 2. The van der Waals surface area contributed by atoms with Crippen molar-refractivity contribution in [3.8, 4) is 0 Å². The van der Waals surface area contributed by atoms with E-state index in [-0.39, 0.29) is 25.8 Å². The molecule has 4 rings (SSSR count). The van der Waals surface area contributed by atoms with Crippen molar-refractivity contribution in [2.24, 2.45) is 0 Å². The maximum absolute atomic E-state index is 10.7. The third kappa shape index (κ3) is 17.3. The zero-order valence-electron chi connectivity index (χ0n) is 27.9. The van der Waals surface area contributed by atoms with Crippen LogP contribution in [0.1, 0.15) is 43.7 Å². The Bertz CT molecular complexity index is 1720. The fourth-order valence-corrected chi connectivity index (χ4v) is 10.8. The summed E-state index contributed by atoms with van der Waals surface area (Å²) >= 11 is 14.9. The Morgan fingerprint density at radius 3 is 1.15 bits per heavy atom. The van der Waals surface area contributed by atoms with E-state index >= 15 is 0 Å². The van der Waals surface area contributed by atoms with Gasteiger partial charge in [-0.25, -0.2) is 0 Å². The SMILES string of the molecule is C/C=C/C[Si]1(Cl)N(Cc2ccc(Br)cc2)[C@H]2CCCC[C@@H]2N1Cc1ccc(Br)cc1.O=S(=O)(O)C(F)(F)F.O=S(=O)(O)C(F)(F)F.O=S(=O)(O)C(F)(F)F.[Sc]. The molecule has 0 unspecified atom stereocenters. The maximum Gasteiger partial charge on any atom is 0.522 e. The molecule has 0 spiro atoms. The van der Waals surface area contributed by atoms with Gasteiger partial charge in [0.25, 0.3) is 0 Å². The normalized spacial score (nSPS) is 19.4. The molecule has 0 bridgehead atoms. The van der Waals surface area contributed by atoms with Crippen LogP contribution < -0.4 is 0 Å². The van der Waals surface area contributed by atoms with Gasteiger partial charge in [-0.3, -0.25) is 22.8 Å². The van der Waals surface area contributed by atoms with Crippen molar-refractivity contribution < 1.29 is 104 Å². The van der Waals surface area contributed by atoms with Crippen molar-refractivity contribution in [1.82, 2.24) is 9.13 Å². The molecule has 1 radical (unpaired) electrons. The summed E-state index contributed by atoms with van der Waals surface area (Å²) in [5.74, 6) is 0. The molecule has 2 aromatic rings. The van der Waals surface area contributed by atoms with E-state index < -0.39 is 54.6 Å². The maximum atomic E-state index is 10.7. The van der Waals surface area contributed by atoms with Gasteiger partial charge in [0.2, 0.25) is 0 Å². The molecule has 28 heteroatoms. The van der Waals surface area contributed by atoms with Crippen LogP contribution in [0.3, 0.4) is 0 Å². The zero-order chi connectivity index (χ0) is 42.1. The summed E-state index contributed by atoms with van der Waals surface area (Å²) in [6.07, 6.45) is 9.60. The van der Waals surface area contributed by atoms with Crippen LogP contribution in [-0.2, 0) is 69.3 Å². The smallest absolute Gasteiger partial charge is 0.291 e. The van der Waals surface area contributed by atoms with Gasteiger partial charge < -0.3 is 0 Å². The van der Waals surface area contributed by atoms with Crippen LogP contribution >= 0.6 is 42.9 Å². The summed E-state index contributed by atoms with van der Waals surface area (Å²) in [4.78, 5) is 0. The van der Waals surface area contributed by atoms with E-state index in [4.69, 9.17) is 50.0 Å². The van der Waals surface area contributed by atoms with Crippen LogP contribution in [-0.4, -0.2) is 84.4 Å². The zero-order valence-corrected chi connectivity index (χ0v) is 37.1. The van der Waals surface area contributed by atoms with Crippen molar-refractivity contribution >= 4 is 81.0 Å². The average molecular weight is 1060 g/mol. The molecule has 313 valence electrons. The first-order chi connectivity index (χ1) is 24.3. The van der Waals surface area contributed by atoms with Crippen molar-refractivity contribution in [2.45, 2.75) is 80.3 Å². The van der Waals surface area contributed by atoms with Crippen molar-refractivity contribution in [3.05, 3.63) is 80.8 Å². The molecule has 2 fully saturated rings.